The molecule has 21 heavy (non-hydrogen) atoms. The van der Waals surface area contributed by atoms with Gasteiger partial charge in [0.2, 0.25) is 0 Å². The lowest BCUT2D eigenvalue weighted by Gasteiger charge is -2.34. The molecule has 0 N–H and O–H groups in total. The molecule has 1 aromatic heterocycles. The van der Waals surface area contributed by atoms with Crippen molar-refractivity contribution in [2.45, 2.75) is 19.8 Å². The molecule has 2 heterocycles. The largest absolute Gasteiger partial charge is 0.453 e. The number of halogens is 1. The summed E-state index contributed by atoms with van der Waals surface area (Å²) in [5.41, 5.74) is 2.07. The molecule has 0 radical (unpaired) electrons. The van der Waals surface area contributed by atoms with Crippen molar-refractivity contribution in [2.24, 2.45) is 5.92 Å². The number of hydrogen-bond donors (Lipinski definition) is 0. The van der Waals surface area contributed by atoms with E-state index in [-0.39, 0.29) is 0 Å². The summed E-state index contributed by atoms with van der Waals surface area (Å²) in [4.78, 5) is 13.2. The summed E-state index contributed by atoms with van der Waals surface area (Å²) in [6.45, 7) is 4.36. The Morgan fingerprint density at radius 1 is 1.33 bits per heavy atom. The highest BCUT2D eigenvalue weighted by atomic mass is 35.5. The van der Waals surface area contributed by atoms with Gasteiger partial charge >= 0.3 is 0 Å². The highest BCUT2D eigenvalue weighted by Crippen LogP contribution is 2.36. The first-order valence-electron chi connectivity index (χ1n) is 7.27. The van der Waals surface area contributed by atoms with Crippen molar-refractivity contribution in [2.75, 3.05) is 18.0 Å². The van der Waals surface area contributed by atoms with Gasteiger partial charge in [-0.05, 0) is 49.1 Å². The molecule has 0 spiro atoms. The Hall–Kier alpha value is -1.74. The van der Waals surface area contributed by atoms with Crippen molar-refractivity contribution >= 4 is 23.6 Å². The molecule has 1 aliphatic heterocycles. The predicted octanol–water partition coefficient (Wildman–Crippen LogP) is 4.65. The fourth-order valence-corrected chi connectivity index (χ4v) is 3.12. The number of benzene rings is 1. The van der Waals surface area contributed by atoms with Crippen molar-refractivity contribution < 1.29 is 9.21 Å². The third-order valence-corrected chi connectivity index (χ3v) is 4.20. The highest BCUT2D eigenvalue weighted by Gasteiger charge is 2.20. The molecule has 4 heteroatoms. The average molecular weight is 304 g/mol. The Labute approximate surface area is 129 Å². The van der Waals surface area contributed by atoms with Gasteiger partial charge in [-0.2, -0.15) is 0 Å². The van der Waals surface area contributed by atoms with E-state index in [4.69, 9.17) is 16.0 Å². The standard InChI is InChI=1S/C17H18ClNO2/c1-12-3-2-8-19(10-12)16-6-4-13(18)9-15(16)17-7-5-14(11-20)21-17/h4-7,9,11-12H,2-3,8,10H2,1H3. The fraction of sp³-hybridized carbons (Fsp3) is 0.353. The van der Waals surface area contributed by atoms with E-state index >= 15 is 0 Å². The molecule has 1 unspecified atom stereocenters. The van der Waals surface area contributed by atoms with E-state index in [9.17, 15) is 4.79 Å². The van der Waals surface area contributed by atoms with Gasteiger partial charge in [0.15, 0.2) is 12.0 Å². The van der Waals surface area contributed by atoms with Crippen molar-refractivity contribution in [3.8, 4) is 11.3 Å². The number of nitrogens with zero attached hydrogens (tertiary/aromatic N) is 1. The van der Waals surface area contributed by atoms with E-state index in [0.29, 0.717) is 22.5 Å². The summed E-state index contributed by atoms with van der Waals surface area (Å²) < 4.78 is 5.58. The molecule has 3 rings (SSSR count). The predicted molar refractivity (Wildman–Crippen MR) is 85.2 cm³/mol. The van der Waals surface area contributed by atoms with Gasteiger partial charge in [0.1, 0.15) is 5.76 Å². The van der Waals surface area contributed by atoms with E-state index in [2.05, 4.69) is 11.8 Å². The van der Waals surface area contributed by atoms with E-state index in [1.54, 1.807) is 6.07 Å². The van der Waals surface area contributed by atoms with Crippen LogP contribution in [0, 0.1) is 5.92 Å². The maximum atomic E-state index is 10.8. The van der Waals surface area contributed by atoms with Crippen LogP contribution in [0.15, 0.2) is 34.7 Å². The Bertz CT molecular complexity index is 650. The number of aldehydes is 1. The summed E-state index contributed by atoms with van der Waals surface area (Å²) in [7, 11) is 0. The zero-order valence-corrected chi connectivity index (χ0v) is 12.8. The molecule has 0 bridgehead atoms. The zero-order chi connectivity index (χ0) is 14.8. The molecule has 3 nitrogen and oxygen atoms in total. The minimum Gasteiger partial charge on any atom is -0.453 e. The summed E-state index contributed by atoms with van der Waals surface area (Å²) in [6.07, 6.45) is 3.19. The first kappa shape index (κ1) is 14.2. The highest BCUT2D eigenvalue weighted by molar-refractivity contribution is 6.31. The summed E-state index contributed by atoms with van der Waals surface area (Å²) in [5, 5.41) is 0.669. The quantitative estimate of drug-likeness (QED) is 0.774. The van der Waals surface area contributed by atoms with Gasteiger partial charge in [0.25, 0.3) is 0 Å². The first-order valence-corrected chi connectivity index (χ1v) is 7.65. The van der Waals surface area contributed by atoms with Crippen molar-refractivity contribution in [1.82, 2.24) is 0 Å². The molecule has 1 atom stereocenters. The first-order chi connectivity index (χ1) is 10.2. The lowest BCUT2D eigenvalue weighted by Crippen LogP contribution is -2.34. The molecule has 1 fully saturated rings. The number of carbonyl (C=O) groups excluding carboxylic acids is 1. The maximum absolute atomic E-state index is 10.8. The summed E-state index contributed by atoms with van der Waals surface area (Å²) in [6, 6.07) is 9.36. The topological polar surface area (TPSA) is 33.5 Å². The Morgan fingerprint density at radius 3 is 2.90 bits per heavy atom. The van der Waals surface area contributed by atoms with Crippen LogP contribution in [-0.4, -0.2) is 19.4 Å². The van der Waals surface area contributed by atoms with Gasteiger partial charge in [-0.25, -0.2) is 0 Å². The monoisotopic (exact) mass is 303 g/mol. The van der Waals surface area contributed by atoms with Gasteiger partial charge < -0.3 is 9.32 Å². The van der Waals surface area contributed by atoms with Crippen LogP contribution in [0.4, 0.5) is 5.69 Å². The van der Waals surface area contributed by atoms with Crippen LogP contribution in [0.2, 0.25) is 5.02 Å². The number of rotatable bonds is 3. The molecule has 1 aliphatic rings. The summed E-state index contributed by atoms with van der Waals surface area (Å²) in [5.74, 6) is 1.71. The normalized spacial score (nSPS) is 18.8. The Kier molecular flexibility index (Phi) is 4.02. The number of furan rings is 1. The molecule has 2 aromatic rings. The Balaban J connectivity index is 2.02. The molecule has 110 valence electrons. The lowest BCUT2D eigenvalue weighted by molar-refractivity contribution is 0.110. The van der Waals surface area contributed by atoms with Crippen LogP contribution in [0.1, 0.15) is 30.3 Å². The smallest absolute Gasteiger partial charge is 0.185 e. The third-order valence-electron chi connectivity index (χ3n) is 3.96. The molecule has 0 saturated carbocycles. The molecule has 0 amide bonds. The number of hydrogen-bond acceptors (Lipinski definition) is 3. The van der Waals surface area contributed by atoms with Gasteiger partial charge in [-0.1, -0.05) is 18.5 Å². The fourth-order valence-electron chi connectivity index (χ4n) is 2.95. The summed E-state index contributed by atoms with van der Waals surface area (Å²) >= 11 is 6.15. The van der Waals surface area contributed by atoms with E-state index < -0.39 is 0 Å². The van der Waals surface area contributed by atoms with E-state index in [1.807, 2.05) is 24.3 Å². The molecular weight excluding hydrogens is 286 g/mol. The maximum Gasteiger partial charge on any atom is 0.185 e. The minimum atomic E-state index is 0.336. The van der Waals surface area contributed by atoms with Crippen molar-refractivity contribution in [1.29, 1.82) is 0 Å². The van der Waals surface area contributed by atoms with Crippen LogP contribution < -0.4 is 4.90 Å². The van der Waals surface area contributed by atoms with Crippen molar-refractivity contribution in [3.63, 3.8) is 0 Å². The third kappa shape index (κ3) is 2.98. The van der Waals surface area contributed by atoms with Gasteiger partial charge in [0.05, 0.1) is 0 Å². The SMILES string of the molecule is CC1CCCN(c2ccc(Cl)cc2-c2ccc(C=O)o2)C1. The second kappa shape index (κ2) is 5.94. The van der Waals surface area contributed by atoms with Crippen LogP contribution >= 0.6 is 11.6 Å². The van der Waals surface area contributed by atoms with E-state index in [0.717, 1.165) is 30.6 Å². The van der Waals surface area contributed by atoms with Gasteiger partial charge in [-0.3, -0.25) is 4.79 Å². The number of anilines is 1. The van der Waals surface area contributed by atoms with Crippen LogP contribution in [-0.2, 0) is 0 Å². The second-order valence-electron chi connectivity index (χ2n) is 5.67. The van der Waals surface area contributed by atoms with E-state index in [1.165, 1.54) is 12.8 Å². The lowest BCUT2D eigenvalue weighted by atomic mass is 9.98. The second-order valence-corrected chi connectivity index (χ2v) is 6.11. The molecular formula is C17H18ClNO2. The van der Waals surface area contributed by atoms with Gasteiger partial charge in [0, 0.05) is 29.4 Å². The van der Waals surface area contributed by atoms with Crippen LogP contribution in [0.25, 0.3) is 11.3 Å². The zero-order valence-electron chi connectivity index (χ0n) is 12.0. The Morgan fingerprint density at radius 2 is 2.19 bits per heavy atom. The molecule has 1 aromatic carbocycles. The number of carbonyl (C=O) groups is 1. The van der Waals surface area contributed by atoms with Crippen LogP contribution in [0.5, 0.6) is 0 Å². The average Bonchev–Trinajstić information content (AvgIpc) is 2.96. The number of piperidine rings is 1. The molecule has 0 aliphatic carbocycles. The van der Waals surface area contributed by atoms with Gasteiger partial charge in [-0.15, -0.1) is 0 Å². The van der Waals surface area contributed by atoms with Crippen LogP contribution in [0.3, 0.4) is 0 Å². The minimum absolute atomic E-state index is 0.336. The van der Waals surface area contributed by atoms with Crippen molar-refractivity contribution in [3.05, 3.63) is 41.1 Å². The molecule has 1 saturated heterocycles.